The normalized spacial score (nSPS) is 10.5. The first kappa shape index (κ1) is 13.1. The number of anilines is 1. The van der Waals surface area contributed by atoms with Crippen LogP contribution in [0.25, 0.3) is 5.69 Å². The predicted octanol–water partition coefficient (Wildman–Crippen LogP) is 1.57. The number of nitrogens with zero attached hydrogens (tertiary/aromatic N) is 3. The van der Waals surface area contributed by atoms with Crippen LogP contribution >= 0.6 is 0 Å². The molecule has 21 heavy (non-hydrogen) atoms. The largest absolute Gasteiger partial charge is 0.455 e. The monoisotopic (exact) mass is 283 g/mol. The first-order valence-electron chi connectivity index (χ1n) is 6.31. The van der Waals surface area contributed by atoms with Crippen LogP contribution in [0.1, 0.15) is 16.3 Å². The summed E-state index contributed by atoms with van der Waals surface area (Å²) in [6.45, 7) is 0.260. The van der Waals surface area contributed by atoms with Gasteiger partial charge < -0.3 is 15.5 Å². The Morgan fingerprint density at radius 1 is 1.24 bits per heavy atom. The number of nitrogens with one attached hydrogen (secondary N) is 1. The number of aromatic nitrogens is 3. The fourth-order valence-electron chi connectivity index (χ4n) is 1.88. The molecule has 0 spiro atoms. The number of hydrogen-bond donors (Lipinski definition) is 2. The van der Waals surface area contributed by atoms with E-state index < -0.39 is 0 Å². The summed E-state index contributed by atoms with van der Waals surface area (Å²) in [7, 11) is 0. The van der Waals surface area contributed by atoms with Gasteiger partial charge in [-0.1, -0.05) is 6.07 Å². The molecule has 7 nitrogen and oxygen atoms in total. The second kappa shape index (κ2) is 5.59. The Morgan fingerprint density at radius 3 is 2.76 bits per heavy atom. The van der Waals surface area contributed by atoms with Gasteiger partial charge in [-0.25, -0.2) is 0 Å². The van der Waals surface area contributed by atoms with Crippen LogP contribution in [-0.2, 0) is 6.54 Å². The van der Waals surface area contributed by atoms with Crippen molar-refractivity contribution in [1.82, 2.24) is 14.8 Å². The lowest BCUT2D eigenvalue weighted by molar-refractivity contribution is 0.0995. The third-order valence-electron chi connectivity index (χ3n) is 2.91. The van der Waals surface area contributed by atoms with Crippen LogP contribution in [0.5, 0.6) is 0 Å². The van der Waals surface area contributed by atoms with Crippen molar-refractivity contribution in [3.8, 4) is 5.69 Å². The lowest BCUT2D eigenvalue weighted by Gasteiger charge is -2.06. The standard InChI is InChI=1S/C14H13N5O2/c15-7-12-4-5-13(21-12)14(20)18-10-2-1-3-11(6-10)19-8-16-17-9-19/h1-6,8-9H,7,15H2,(H,18,20). The SMILES string of the molecule is NCc1ccc(C(=O)Nc2cccc(-n3cnnc3)c2)o1. The van der Waals surface area contributed by atoms with E-state index in [0.717, 1.165) is 5.69 Å². The third kappa shape index (κ3) is 2.82. The minimum absolute atomic E-state index is 0.227. The zero-order valence-electron chi connectivity index (χ0n) is 11.1. The van der Waals surface area contributed by atoms with Gasteiger partial charge in [0.15, 0.2) is 5.76 Å². The molecule has 0 atom stereocenters. The molecule has 1 amide bonds. The smallest absolute Gasteiger partial charge is 0.291 e. The summed E-state index contributed by atoms with van der Waals surface area (Å²) in [5.74, 6) is 0.471. The minimum Gasteiger partial charge on any atom is -0.455 e. The lowest BCUT2D eigenvalue weighted by atomic mass is 10.2. The van der Waals surface area contributed by atoms with Gasteiger partial charge in [0.1, 0.15) is 18.4 Å². The molecular weight excluding hydrogens is 270 g/mol. The van der Waals surface area contributed by atoms with Gasteiger partial charge in [0.25, 0.3) is 5.91 Å². The summed E-state index contributed by atoms with van der Waals surface area (Å²) >= 11 is 0. The second-order valence-corrected chi connectivity index (χ2v) is 4.34. The number of amides is 1. The second-order valence-electron chi connectivity index (χ2n) is 4.34. The Kier molecular flexibility index (Phi) is 3.48. The van der Waals surface area contributed by atoms with E-state index in [0.29, 0.717) is 11.4 Å². The van der Waals surface area contributed by atoms with Gasteiger partial charge in [0, 0.05) is 5.69 Å². The Morgan fingerprint density at radius 2 is 2.05 bits per heavy atom. The predicted molar refractivity (Wildman–Crippen MR) is 75.9 cm³/mol. The van der Waals surface area contributed by atoms with Gasteiger partial charge in [-0.2, -0.15) is 0 Å². The van der Waals surface area contributed by atoms with E-state index in [1.165, 1.54) is 0 Å². The Labute approximate surface area is 120 Å². The van der Waals surface area contributed by atoms with Crippen LogP contribution in [0, 0.1) is 0 Å². The van der Waals surface area contributed by atoms with Gasteiger partial charge >= 0.3 is 0 Å². The van der Waals surface area contributed by atoms with Gasteiger partial charge in [-0.3, -0.25) is 9.36 Å². The molecule has 2 aromatic heterocycles. The molecule has 7 heteroatoms. The Balaban J connectivity index is 1.78. The first-order chi connectivity index (χ1) is 10.3. The molecule has 0 aliphatic heterocycles. The highest BCUT2D eigenvalue weighted by Crippen LogP contribution is 2.16. The van der Waals surface area contributed by atoms with E-state index in [2.05, 4.69) is 15.5 Å². The molecule has 0 fully saturated rings. The van der Waals surface area contributed by atoms with E-state index in [1.807, 2.05) is 18.2 Å². The molecule has 0 saturated heterocycles. The van der Waals surface area contributed by atoms with Crippen molar-refractivity contribution in [2.45, 2.75) is 6.54 Å². The molecule has 3 rings (SSSR count). The van der Waals surface area contributed by atoms with E-state index in [4.69, 9.17) is 10.2 Å². The topological polar surface area (TPSA) is 99.0 Å². The molecule has 0 aliphatic carbocycles. The maximum absolute atomic E-state index is 12.1. The van der Waals surface area contributed by atoms with Crippen molar-refractivity contribution in [3.05, 3.63) is 60.6 Å². The highest BCUT2D eigenvalue weighted by molar-refractivity contribution is 6.02. The molecule has 3 aromatic rings. The lowest BCUT2D eigenvalue weighted by Crippen LogP contribution is -2.11. The minimum atomic E-state index is -0.324. The summed E-state index contributed by atoms with van der Waals surface area (Å²) in [6.07, 6.45) is 3.17. The van der Waals surface area contributed by atoms with Crippen LogP contribution < -0.4 is 11.1 Å². The average Bonchev–Trinajstić information content (AvgIpc) is 3.19. The number of carbonyl (C=O) groups is 1. The molecule has 3 N–H and O–H groups in total. The maximum Gasteiger partial charge on any atom is 0.291 e. The first-order valence-corrected chi connectivity index (χ1v) is 6.31. The summed E-state index contributed by atoms with van der Waals surface area (Å²) in [6, 6.07) is 10.6. The highest BCUT2D eigenvalue weighted by atomic mass is 16.4. The summed E-state index contributed by atoms with van der Waals surface area (Å²) < 4.78 is 7.05. The fraction of sp³-hybridized carbons (Fsp3) is 0.0714. The zero-order chi connectivity index (χ0) is 14.7. The van der Waals surface area contributed by atoms with Crippen LogP contribution in [0.2, 0.25) is 0 Å². The van der Waals surface area contributed by atoms with Crippen LogP contribution in [-0.4, -0.2) is 20.7 Å². The maximum atomic E-state index is 12.1. The van der Waals surface area contributed by atoms with Gasteiger partial charge in [0.2, 0.25) is 0 Å². The molecule has 0 radical (unpaired) electrons. The Hall–Kier alpha value is -2.93. The number of benzene rings is 1. The molecule has 0 aliphatic rings. The van der Waals surface area contributed by atoms with Gasteiger partial charge in [0.05, 0.1) is 12.2 Å². The van der Waals surface area contributed by atoms with Crippen LogP contribution in [0.4, 0.5) is 5.69 Å². The van der Waals surface area contributed by atoms with Crippen molar-refractivity contribution in [3.63, 3.8) is 0 Å². The molecule has 2 heterocycles. The molecule has 0 bridgehead atoms. The zero-order valence-corrected chi connectivity index (χ0v) is 11.1. The van der Waals surface area contributed by atoms with Crippen molar-refractivity contribution in [1.29, 1.82) is 0 Å². The van der Waals surface area contributed by atoms with Crippen molar-refractivity contribution in [2.24, 2.45) is 5.73 Å². The van der Waals surface area contributed by atoms with E-state index in [1.54, 1.807) is 35.4 Å². The molecular formula is C14H13N5O2. The van der Waals surface area contributed by atoms with Crippen molar-refractivity contribution >= 4 is 11.6 Å². The Bertz CT molecular complexity index is 748. The van der Waals surface area contributed by atoms with Crippen LogP contribution in [0.15, 0.2) is 53.5 Å². The third-order valence-corrected chi connectivity index (χ3v) is 2.91. The quantitative estimate of drug-likeness (QED) is 0.757. The highest BCUT2D eigenvalue weighted by Gasteiger charge is 2.11. The van der Waals surface area contributed by atoms with E-state index in [-0.39, 0.29) is 18.2 Å². The summed E-state index contributed by atoms with van der Waals surface area (Å²) in [5.41, 5.74) is 6.95. The average molecular weight is 283 g/mol. The number of furan rings is 1. The number of nitrogens with two attached hydrogens (primary N) is 1. The molecule has 106 valence electrons. The number of carbonyl (C=O) groups excluding carboxylic acids is 1. The molecule has 0 saturated carbocycles. The van der Waals surface area contributed by atoms with Gasteiger partial charge in [-0.15, -0.1) is 10.2 Å². The number of hydrogen-bond acceptors (Lipinski definition) is 5. The summed E-state index contributed by atoms with van der Waals surface area (Å²) in [4.78, 5) is 12.1. The molecule has 0 unspecified atom stereocenters. The fourth-order valence-corrected chi connectivity index (χ4v) is 1.88. The van der Waals surface area contributed by atoms with Crippen LogP contribution in [0.3, 0.4) is 0 Å². The van der Waals surface area contributed by atoms with Crippen molar-refractivity contribution in [2.75, 3.05) is 5.32 Å². The summed E-state index contributed by atoms with van der Waals surface area (Å²) in [5, 5.41) is 10.3. The number of rotatable bonds is 4. The van der Waals surface area contributed by atoms with Crippen molar-refractivity contribution < 1.29 is 9.21 Å². The van der Waals surface area contributed by atoms with Gasteiger partial charge in [-0.05, 0) is 30.3 Å². The van der Waals surface area contributed by atoms with E-state index >= 15 is 0 Å². The van der Waals surface area contributed by atoms with E-state index in [9.17, 15) is 4.79 Å². The molecule has 1 aromatic carbocycles.